The molecule has 0 spiro atoms. The van der Waals surface area contributed by atoms with Gasteiger partial charge in [-0.3, -0.25) is 4.79 Å². The van der Waals surface area contributed by atoms with E-state index in [9.17, 15) is 17.6 Å². The molecule has 27 heavy (non-hydrogen) atoms. The van der Waals surface area contributed by atoms with E-state index in [4.69, 9.17) is 0 Å². The zero-order valence-electron chi connectivity index (χ0n) is 15.1. The molecule has 8 heteroatoms. The predicted octanol–water partition coefficient (Wildman–Crippen LogP) is 2.40. The van der Waals surface area contributed by atoms with Crippen LogP contribution in [0.25, 0.3) is 0 Å². The first kappa shape index (κ1) is 19.5. The molecule has 1 heterocycles. The largest absolute Gasteiger partial charge is 0.319 e. The van der Waals surface area contributed by atoms with Crippen LogP contribution in [0.4, 0.5) is 10.1 Å². The van der Waals surface area contributed by atoms with Crippen LogP contribution in [0, 0.1) is 5.82 Å². The lowest BCUT2D eigenvalue weighted by Gasteiger charge is -2.33. The second-order valence-corrected chi connectivity index (χ2v) is 8.23. The van der Waals surface area contributed by atoms with Gasteiger partial charge in [-0.15, -0.1) is 0 Å². The number of likely N-dealkylation sites (N-methyl/N-ethyl adjacent to an activating group) is 1. The Balaban J connectivity index is 1.71. The fourth-order valence-electron chi connectivity index (χ4n) is 2.97. The van der Waals surface area contributed by atoms with Gasteiger partial charge in [0.2, 0.25) is 10.0 Å². The molecule has 1 aliphatic rings. The van der Waals surface area contributed by atoms with Gasteiger partial charge >= 0.3 is 0 Å². The maximum atomic E-state index is 13.6. The molecule has 0 aliphatic carbocycles. The average Bonchev–Trinajstić information content (AvgIpc) is 2.70. The van der Waals surface area contributed by atoms with Crippen LogP contribution in [-0.4, -0.2) is 56.3 Å². The SMILES string of the molecule is CCN1CCN(S(=O)(=O)c2ccc(C(=O)Nc3ccccc3F)cc2)CC1. The number of piperazine rings is 1. The van der Waals surface area contributed by atoms with Crippen LogP contribution in [0.2, 0.25) is 0 Å². The summed E-state index contributed by atoms with van der Waals surface area (Å²) in [5.74, 6) is -1.03. The highest BCUT2D eigenvalue weighted by atomic mass is 32.2. The molecule has 3 rings (SSSR count). The minimum absolute atomic E-state index is 0.0768. The van der Waals surface area contributed by atoms with E-state index < -0.39 is 21.7 Å². The standard InChI is InChI=1S/C19H22FN3O3S/c1-2-22-11-13-23(14-12-22)27(25,26)16-9-7-15(8-10-16)19(24)21-18-6-4-3-5-17(18)20/h3-10H,2,11-14H2,1H3,(H,21,24). The number of nitrogens with zero attached hydrogens (tertiary/aromatic N) is 2. The highest BCUT2D eigenvalue weighted by molar-refractivity contribution is 7.89. The average molecular weight is 391 g/mol. The summed E-state index contributed by atoms with van der Waals surface area (Å²) >= 11 is 0. The third-order valence-electron chi connectivity index (χ3n) is 4.65. The Labute approximate surface area is 158 Å². The Hall–Kier alpha value is -2.29. The Morgan fingerprint density at radius 1 is 1.04 bits per heavy atom. The molecule has 0 atom stereocenters. The van der Waals surface area contributed by atoms with E-state index in [0.29, 0.717) is 26.2 Å². The number of benzene rings is 2. The number of carbonyl (C=O) groups is 1. The zero-order chi connectivity index (χ0) is 19.4. The van der Waals surface area contributed by atoms with E-state index in [1.807, 2.05) is 0 Å². The molecule has 6 nitrogen and oxygen atoms in total. The maximum absolute atomic E-state index is 13.6. The van der Waals surface area contributed by atoms with Crippen LogP contribution >= 0.6 is 0 Å². The van der Waals surface area contributed by atoms with Gasteiger partial charge in [0, 0.05) is 31.7 Å². The van der Waals surface area contributed by atoms with E-state index in [1.54, 1.807) is 6.07 Å². The number of carbonyl (C=O) groups excluding carboxylic acids is 1. The van der Waals surface area contributed by atoms with E-state index in [1.165, 1.54) is 46.8 Å². The third kappa shape index (κ3) is 4.35. The monoisotopic (exact) mass is 391 g/mol. The number of sulfonamides is 1. The number of para-hydroxylation sites is 1. The first-order valence-corrected chi connectivity index (χ1v) is 10.2. The summed E-state index contributed by atoms with van der Waals surface area (Å²) < 4.78 is 40.6. The van der Waals surface area contributed by atoms with Crippen molar-refractivity contribution in [3.05, 3.63) is 59.9 Å². The lowest BCUT2D eigenvalue weighted by atomic mass is 10.2. The lowest BCUT2D eigenvalue weighted by Crippen LogP contribution is -2.48. The first-order valence-electron chi connectivity index (χ1n) is 8.80. The Kier molecular flexibility index (Phi) is 5.88. The summed E-state index contributed by atoms with van der Waals surface area (Å²) in [6.07, 6.45) is 0. The summed E-state index contributed by atoms with van der Waals surface area (Å²) in [5, 5.41) is 2.48. The molecule has 0 saturated carbocycles. The molecular formula is C19H22FN3O3S. The predicted molar refractivity (Wildman–Crippen MR) is 102 cm³/mol. The van der Waals surface area contributed by atoms with Gasteiger partial charge in [0.15, 0.2) is 0 Å². The molecule has 2 aromatic carbocycles. The van der Waals surface area contributed by atoms with Crippen molar-refractivity contribution in [2.24, 2.45) is 0 Å². The third-order valence-corrected chi connectivity index (χ3v) is 6.57. The van der Waals surface area contributed by atoms with Crippen LogP contribution in [0.1, 0.15) is 17.3 Å². The zero-order valence-corrected chi connectivity index (χ0v) is 15.9. The molecule has 1 amide bonds. The van der Waals surface area contributed by atoms with Crippen molar-refractivity contribution in [3.8, 4) is 0 Å². The first-order chi connectivity index (χ1) is 12.9. The van der Waals surface area contributed by atoms with Crippen LogP contribution in [0.5, 0.6) is 0 Å². The van der Waals surface area contributed by atoms with Gasteiger partial charge < -0.3 is 10.2 Å². The Morgan fingerprint density at radius 2 is 1.67 bits per heavy atom. The van der Waals surface area contributed by atoms with Crippen LogP contribution in [0.15, 0.2) is 53.4 Å². The quantitative estimate of drug-likeness (QED) is 0.850. The van der Waals surface area contributed by atoms with Crippen LogP contribution in [0.3, 0.4) is 0 Å². The highest BCUT2D eigenvalue weighted by Gasteiger charge is 2.28. The number of hydrogen-bond acceptors (Lipinski definition) is 4. The summed E-state index contributed by atoms with van der Waals surface area (Å²) in [5.41, 5.74) is 0.334. The number of nitrogens with one attached hydrogen (secondary N) is 1. The fraction of sp³-hybridized carbons (Fsp3) is 0.316. The van der Waals surface area contributed by atoms with Crippen molar-refractivity contribution in [1.82, 2.24) is 9.21 Å². The molecular weight excluding hydrogens is 369 g/mol. The topological polar surface area (TPSA) is 69.7 Å². The van der Waals surface area contributed by atoms with Crippen molar-refractivity contribution in [3.63, 3.8) is 0 Å². The van der Waals surface area contributed by atoms with Crippen molar-refractivity contribution in [1.29, 1.82) is 0 Å². The highest BCUT2D eigenvalue weighted by Crippen LogP contribution is 2.19. The molecule has 1 saturated heterocycles. The van der Waals surface area contributed by atoms with E-state index in [0.717, 1.165) is 6.54 Å². The van der Waals surface area contributed by atoms with Gasteiger partial charge in [0.1, 0.15) is 5.82 Å². The van der Waals surface area contributed by atoms with Crippen molar-refractivity contribution in [2.45, 2.75) is 11.8 Å². The summed E-state index contributed by atoms with van der Waals surface area (Å²) in [7, 11) is -3.59. The maximum Gasteiger partial charge on any atom is 0.255 e. The van der Waals surface area contributed by atoms with Gasteiger partial charge in [0.25, 0.3) is 5.91 Å². The van der Waals surface area contributed by atoms with E-state index >= 15 is 0 Å². The summed E-state index contributed by atoms with van der Waals surface area (Å²) in [4.78, 5) is 14.6. The van der Waals surface area contributed by atoms with E-state index in [-0.39, 0.29) is 16.1 Å². The second kappa shape index (κ2) is 8.16. The molecule has 1 N–H and O–H groups in total. The molecule has 0 bridgehead atoms. The van der Waals surface area contributed by atoms with Gasteiger partial charge in [-0.2, -0.15) is 4.31 Å². The molecule has 0 radical (unpaired) electrons. The van der Waals surface area contributed by atoms with Gasteiger partial charge in [-0.25, -0.2) is 12.8 Å². The summed E-state index contributed by atoms with van der Waals surface area (Å²) in [6.45, 7) is 5.27. The Bertz CT molecular complexity index is 908. The summed E-state index contributed by atoms with van der Waals surface area (Å²) in [6, 6.07) is 11.6. The van der Waals surface area contributed by atoms with Crippen molar-refractivity contribution >= 4 is 21.6 Å². The minimum atomic E-state index is -3.59. The van der Waals surface area contributed by atoms with Gasteiger partial charge in [-0.05, 0) is 42.9 Å². The van der Waals surface area contributed by atoms with Gasteiger partial charge in [-0.1, -0.05) is 19.1 Å². The smallest absolute Gasteiger partial charge is 0.255 e. The normalized spacial score (nSPS) is 16.2. The molecule has 0 aromatic heterocycles. The van der Waals surface area contributed by atoms with Crippen LogP contribution in [-0.2, 0) is 10.0 Å². The Morgan fingerprint density at radius 3 is 2.26 bits per heavy atom. The van der Waals surface area contributed by atoms with E-state index in [2.05, 4.69) is 17.1 Å². The number of rotatable bonds is 5. The van der Waals surface area contributed by atoms with Crippen molar-refractivity contribution < 1.29 is 17.6 Å². The van der Waals surface area contributed by atoms with Crippen LogP contribution < -0.4 is 5.32 Å². The number of anilines is 1. The van der Waals surface area contributed by atoms with Crippen molar-refractivity contribution in [2.75, 3.05) is 38.0 Å². The molecule has 144 valence electrons. The lowest BCUT2D eigenvalue weighted by molar-refractivity contribution is 0.102. The fourth-order valence-corrected chi connectivity index (χ4v) is 4.39. The molecule has 0 unspecified atom stereocenters. The number of halogens is 1. The minimum Gasteiger partial charge on any atom is -0.319 e. The number of hydrogen-bond donors (Lipinski definition) is 1. The molecule has 2 aromatic rings. The molecule has 1 aliphatic heterocycles. The van der Waals surface area contributed by atoms with Gasteiger partial charge in [0.05, 0.1) is 10.6 Å². The second-order valence-electron chi connectivity index (χ2n) is 6.30. The number of amides is 1. The molecule has 1 fully saturated rings.